The molecule has 3 rings (SSSR count). The van der Waals surface area contributed by atoms with Gasteiger partial charge in [-0.2, -0.15) is 0 Å². The lowest BCUT2D eigenvalue weighted by molar-refractivity contribution is 0.0669. The number of amides is 1. The van der Waals surface area contributed by atoms with Gasteiger partial charge in [-0.25, -0.2) is 13.6 Å². The largest absolute Gasteiger partial charge is 0.455 e. The number of nitrogens with one attached hydrogen (secondary N) is 1. The monoisotopic (exact) mass is 383 g/mol. The molecule has 0 spiro atoms. The molecule has 1 aliphatic rings. The molecule has 1 fully saturated rings. The fourth-order valence-electron chi connectivity index (χ4n) is 2.91. The van der Waals surface area contributed by atoms with Crippen LogP contribution in [0.2, 0.25) is 5.02 Å². The Hall–Kier alpha value is -1.87. The fraction of sp³-hybridized carbons (Fsp3) is 0.312. The molecule has 7 nitrogen and oxygen atoms in total. The number of hydrogen-bond acceptors (Lipinski definition) is 5. The maximum absolute atomic E-state index is 12.7. The molecule has 1 aliphatic heterocycles. The van der Waals surface area contributed by atoms with Crippen LogP contribution in [0.25, 0.3) is 0 Å². The molecule has 0 aliphatic carbocycles. The third-order valence-corrected chi connectivity index (χ3v) is 5.50. The van der Waals surface area contributed by atoms with E-state index >= 15 is 0 Å². The molecular weight excluding hydrogens is 366 g/mol. The molecule has 1 aromatic carbocycles. The summed E-state index contributed by atoms with van der Waals surface area (Å²) in [6, 6.07) is 8.51. The van der Waals surface area contributed by atoms with E-state index in [2.05, 4.69) is 5.32 Å². The number of hydrogen-bond donors (Lipinski definition) is 2. The molecule has 3 N–H and O–H groups in total. The molecule has 1 atom stereocenters. The highest BCUT2D eigenvalue weighted by Gasteiger charge is 2.29. The van der Waals surface area contributed by atoms with Gasteiger partial charge in [0.1, 0.15) is 10.7 Å². The molecule has 1 aromatic heterocycles. The highest BCUT2D eigenvalue weighted by Crippen LogP contribution is 2.26. The summed E-state index contributed by atoms with van der Waals surface area (Å²) in [4.78, 5) is 14.1. The van der Waals surface area contributed by atoms with E-state index in [9.17, 15) is 13.2 Å². The van der Waals surface area contributed by atoms with Gasteiger partial charge in [0.2, 0.25) is 10.0 Å². The molecule has 2 aromatic rings. The van der Waals surface area contributed by atoms with E-state index < -0.39 is 10.0 Å². The number of halogens is 1. The van der Waals surface area contributed by atoms with E-state index in [1.165, 1.54) is 13.0 Å². The first-order valence-electron chi connectivity index (χ1n) is 7.67. The van der Waals surface area contributed by atoms with Crippen molar-refractivity contribution < 1.29 is 17.6 Å². The molecule has 1 unspecified atom stereocenters. The molecule has 1 amide bonds. The van der Waals surface area contributed by atoms with Crippen molar-refractivity contribution in [2.24, 2.45) is 5.14 Å². The summed E-state index contributed by atoms with van der Waals surface area (Å²) >= 11 is 6.23. The number of carbonyl (C=O) groups is 1. The van der Waals surface area contributed by atoms with Gasteiger partial charge in [0, 0.05) is 30.7 Å². The lowest BCUT2D eigenvalue weighted by atomic mass is 10.0. The molecule has 0 saturated carbocycles. The van der Waals surface area contributed by atoms with Gasteiger partial charge in [-0.15, -0.1) is 0 Å². The first kappa shape index (κ1) is 17.9. The summed E-state index contributed by atoms with van der Waals surface area (Å²) < 4.78 is 28.3. The summed E-state index contributed by atoms with van der Waals surface area (Å²) in [6.07, 6.45) is 0. The zero-order valence-corrected chi connectivity index (χ0v) is 15.1. The molecule has 0 bridgehead atoms. The summed E-state index contributed by atoms with van der Waals surface area (Å²) in [5, 5.41) is 9.08. The normalized spacial score (nSPS) is 18.4. The van der Waals surface area contributed by atoms with Crippen molar-refractivity contribution in [1.29, 1.82) is 0 Å². The van der Waals surface area contributed by atoms with E-state index in [4.69, 9.17) is 21.2 Å². The van der Waals surface area contributed by atoms with Crippen LogP contribution in [-0.4, -0.2) is 38.9 Å². The summed E-state index contributed by atoms with van der Waals surface area (Å²) in [7, 11) is -3.93. The third kappa shape index (κ3) is 3.72. The van der Waals surface area contributed by atoms with Crippen LogP contribution in [0.5, 0.6) is 0 Å². The van der Waals surface area contributed by atoms with E-state index in [-0.39, 0.29) is 28.4 Å². The van der Waals surface area contributed by atoms with Gasteiger partial charge >= 0.3 is 0 Å². The van der Waals surface area contributed by atoms with Gasteiger partial charge in [-0.3, -0.25) is 4.79 Å². The second-order valence-electron chi connectivity index (χ2n) is 5.86. The molecule has 25 heavy (non-hydrogen) atoms. The van der Waals surface area contributed by atoms with Crippen molar-refractivity contribution in [3.05, 3.63) is 52.4 Å². The maximum atomic E-state index is 12.7. The fourth-order valence-corrected chi connectivity index (χ4v) is 3.89. The van der Waals surface area contributed by atoms with Crippen molar-refractivity contribution in [2.45, 2.75) is 17.9 Å². The number of primary sulfonamides is 1. The van der Waals surface area contributed by atoms with Crippen LogP contribution in [0.15, 0.2) is 39.6 Å². The minimum atomic E-state index is -3.93. The van der Waals surface area contributed by atoms with Crippen LogP contribution in [-0.2, 0) is 10.0 Å². The van der Waals surface area contributed by atoms with Gasteiger partial charge in [0.15, 0.2) is 5.76 Å². The molecule has 134 valence electrons. The lowest BCUT2D eigenvalue weighted by Gasteiger charge is -2.33. The van der Waals surface area contributed by atoms with Crippen molar-refractivity contribution >= 4 is 27.5 Å². The van der Waals surface area contributed by atoms with E-state index in [1.54, 1.807) is 11.0 Å². The number of rotatable bonds is 3. The van der Waals surface area contributed by atoms with Crippen LogP contribution >= 0.6 is 11.6 Å². The van der Waals surface area contributed by atoms with E-state index in [1.807, 2.05) is 18.2 Å². The number of piperazine rings is 1. The van der Waals surface area contributed by atoms with Gasteiger partial charge in [0.05, 0.1) is 6.04 Å². The standard InChI is InChI=1S/C16H18ClN3O4S/c1-10-15(25(18,22)23)8-14(24-10)16(21)20-7-6-19-13(9-20)11-4-2-3-5-12(11)17/h2-5,8,13,19H,6-7,9H2,1H3,(H2,18,22,23). The first-order chi connectivity index (χ1) is 11.8. The number of nitrogens with two attached hydrogens (primary N) is 1. The van der Waals surface area contributed by atoms with Crippen molar-refractivity contribution in [1.82, 2.24) is 10.2 Å². The minimum absolute atomic E-state index is 0.0404. The molecule has 2 heterocycles. The zero-order valence-electron chi connectivity index (χ0n) is 13.5. The molecular formula is C16H18ClN3O4S. The second-order valence-corrected chi connectivity index (χ2v) is 7.79. The lowest BCUT2D eigenvalue weighted by Crippen LogP contribution is -2.48. The van der Waals surface area contributed by atoms with Crippen LogP contribution in [0.3, 0.4) is 0 Å². The third-order valence-electron chi connectivity index (χ3n) is 4.13. The Balaban J connectivity index is 1.82. The predicted molar refractivity (Wildman–Crippen MR) is 92.9 cm³/mol. The summed E-state index contributed by atoms with van der Waals surface area (Å²) in [5.74, 6) is -0.318. The number of benzene rings is 1. The van der Waals surface area contributed by atoms with Crippen LogP contribution in [0.4, 0.5) is 0 Å². The van der Waals surface area contributed by atoms with Gasteiger partial charge in [0.25, 0.3) is 5.91 Å². The van der Waals surface area contributed by atoms with Crippen LogP contribution in [0, 0.1) is 6.92 Å². The zero-order chi connectivity index (χ0) is 18.2. The Labute approximate surface area is 150 Å². The Morgan fingerprint density at radius 1 is 1.40 bits per heavy atom. The number of aryl methyl sites for hydroxylation is 1. The van der Waals surface area contributed by atoms with Crippen LogP contribution in [0.1, 0.15) is 27.9 Å². The number of furan rings is 1. The number of sulfonamides is 1. The van der Waals surface area contributed by atoms with Gasteiger partial charge in [-0.05, 0) is 18.6 Å². The predicted octanol–water partition coefficient (Wildman–Crippen LogP) is 1.68. The second kappa shape index (κ2) is 6.80. The van der Waals surface area contributed by atoms with Crippen molar-refractivity contribution in [3.8, 4) is 0 Å². The highest BCUT2D eigenvalue weighted by atomic mass is 35.5. The van der Waals surface area contributed by atoms with Crippen molar-refractivity contribution in [2.75, 3.05) is 19.6 Å². The minimum Gasteiger partial charge on any atom is -0.455 e. The van der Waals surface area contributed by atoms with E-state index in [0.717, 1.165) is 5.56 Å². The summed E-state index contributed by atoms with van der Waals surface area (Å²) in [6.45, 7) is 2.92. The molecule has 9 heteroatoms. The smallest absolute Gasteiger partial charge is 0.289 e. The SMILES string of the molecule is Cc1oc(C(=O)N2CCNC(c3ccccc3Cl)C2)cc1S(N)(=O)=O. The van der Waals surface area contributed by atoms with Crippen LogP contribution < -0.4 is 10.5 Å². The van der Waals surface area contributed by atoms with Crippen molar-refractivity contribution in [3.63, 3.8) is 0 Å². The topological polar surface area (TPSA) is 106 Å². The highest BCUT2D eigenvalue weighted by molar-refractivity contribution is 7.89. The Morgan fingerprint density at radius 2 is 2.12 bits per heavy atom. The Kier molecular flexibility index (Phi) is 4.88. The quantitative estimate of drug-likeness (QED) is 0.838. The first-order valence-corrected chi connectivity index (χ1v) is 9.60. The number of carbonyl (C=O) groups excluding carboxylic acids is 1. The van der Waals surface area contributed by atoms with Gasteiger partial charge < -0.3 is 14.6 Å². The summed E-state index contributed by atoms with van der Waals surface area (Å²) in [5.41, 5.74) is 0.905. The molecule has 1 saturated heterocycles. The van der Waals surface area contributed by atoms with Gasteiger partial charge in [-0.1, -0.05) is 29.8 Å². The maximum Gasteiger partial charge on any atom is 0.289 e. The average molecular weight is 384 g/mol. The average Bonchev–Trinajstić information content (AvgIpc) is 2.97. The van der Waals surface area contributed by atoms with E-state index in [0.29, 0.717) is 24.7 Å². The number of nitrogens with zero attached hydrogens (tertiary/aromatic N) is 1. The molecule has 0 radical (unpaired) electrons. The Bertz CT molecular complexity index is 910. The Morgan fingerprint density at radius 3 is 2.76 bits per heavy atom.